The Kier molecular flexibility index (Phi) is 4.93. The van der Waals surface area contributed by atoms with Crippen molar-refractivity contribution in [3.8, 4) is 17.2 Å². The summed E-state index contributed by atoms with van der Waals surface area (Å²) in [6.45, 7) is 12.6. The Labute approximate surface area is 229 Å². The van der Waals surface area contributed by atoms with Crippen LogP contribution in [0.5, 0.6) is 17.2 Å². The SMILES string of the molecule is CC1(C)CC(=O)C2=C(C1)Oc1c(c3c(c4c1CC1=C(CC(C)(C)CC1=O)O4)CC1=C(CC(C)(C)CC1=O)O3)C2. The quantitative estimate of drug-likeness (QED) is 0.387. The monoisotopic (exact) mass is 528 g/mol. The Bertz CT molecular complexity index is 1320. The molecular formula is C33H36O6. The lowest BCUT2D eigenvalue weighted by molar-refractivity contribution is -0.119. The Hall–Kier alpha value is -3.15. The fourth-order valence-corrected chi connectivity index (χ4v) is 7.39. The molecule has 0 atom stereocenters. The predicted molar refractivity (Wildman–Crippen MR) is 145 cm³/mol. The molecule has 3 aliphatic heterocycles. The lowest BCUT2D eigenvalue weighted by Gasteiger charge is -2.41. The molecular weight excluding hydrogens is 492 g/mol. The Morgan fingerprint density at radius 1 is 0.436 bits per heavy atom. The molecule has 1 aromatic carbocycles. The van der Waals surface area contributed by atoms with Gasteiger partial charge in [0.25, 0.3) is 0 Å². The number of benzene rings is 1. The van der Waals surface area contributed by atoms with Crippen LogP contribution < -0.4 is 14.2 Å². The van der Waals surface area contributed by atoms with Gasteiger partial charge in [0, 0.05) is 91.2 Å². The molecule has 0 radical (unpaired) electrons. The van der Waals surface area contributed by atoms with E-state index in [1.165, 1.54) is 0 Å². The largest absolute Gasteiger partial charge is 0.460 e. The van der Waals surface area contributed by atoms with Crippen molar-refractivity contribution in [2.75, 3.05) is 0 Å². The Morgan fingerprint density at radius 2 is 0.692 bits per heavy atom. The normalized spacial score (nSPS) is 25.8. The predicted octanol–water partition coefficient (Wildman–Crippen LogP) is 6.42. The van der Waals surface area contributed by atoms with Crippen LogP contribution in [-0.2, 0) is 33.6 Å². The van der Waals surface area contributed by atoms with Crippen LogP contribution >= 0.6 is 0 Å². The van der Waals surface area contributed by atoms with Crippen molar-refractivity contribution in [2.45, 2.75) is 99.3 Å². The van der Waals surface area contributed by atoms with Crippen molar-refractivity contribution < 1.29 is 28.6 Å². The summed E-state index contributed by atoms with van der Waals surface area (Å²) >= 11 is 0. The van der Waals surface area contributed by atoms with Crippen LogP contribution in [0, 0.1) is 16.2 Å². The fourth-order valence-electron chi connectivity index (χ4n) is 7.39. The van der Waals surface area contributed by atoms with E-state index in [-0.39, 0.29) is 33.6 Å². The van der Waals surface area contributed by atoms with Crippen molar-refractivity contribution in [1.29, 1.82) is 0 Å². The molecule has 6 aliphatic rings. The first-order chi connectivity index (χ1) is 18.2. The van der Waals surface area contributed by atoms with Crippen molar-refractivity contribution in [2.24, 2.45) is 16.2 Å². The molecule has 0 unspecified atom stereocenters. The average Bonchev–Trinajstić information content (AvgIpc) is 2.79. The molecule has 39 heavy (non-hydrogen) atoms. The zero-order chi connectivity index (χ0) is 27.6. The van der Waals surface area contributed by atoms with E-state index in [9.17, 15) is 14.4 Å². The van der Waals surface area contributed by atoms with Crippen LogP contribution in [-0.4, -0.2) is 17.3 Å². The maximum Gasteiger partial charge on any atom is 0.163 e. The first kappa shape index (κ1) is 24.9. The number of hydrogen-bond acceptors (Lipinski definition) is 6. The summed E-state index contributed by atoms with van der Waals surface area (Å²) in [6.07, 6.45) is 4.80. The number of ether oxygens (including phenoxy) is 3. The highest BCUT2D eigenvalue weighted by Gasteiger charge is 2.46. The molecule has 0 N–H and O–H groups in total. The summed E-state index contributed by atoms with van der Waals surface area (Å²) in [5.41, 5.74) is 4.16. The van der Waals surface area contributed by atoms with E-state index in [2.05, 4.69) is 41.5 Å². The number of rotatable bonds is 0. The van der Waals surface area contributed by atoms with Crippen LogP contribution in [0.3, 0.4) is 0 Å². The van der Waals surface area contributed by atoms with Gasteiger partial charge in [-0.3, -0.25) is 14.4 Å². The number of allylic oxidation sites excluding steroid dienone is 6. The van der Waals surface area contributed by atoms with E-state index in [0.29, 0.717) is 75.0 Å². The number of carbonyl (C=O) groups excluding carboxylic acids is 3. The van der Waals surface area contributed by atoms with Gasteiger partial charge < -0.3 is 14.2 Å². The second-order valence-corrected chi connectivity index (χ2v) is 14.8. The van der Waals surface area contributed by atoms with E-state index < -0.39 is 0 Å². The summed E-state index contributed by atoms with van der Waals surface area (Å²) in [7, 11) is 0. The van der Waals surface area contributed by atoms with Crippen LogP contribution in [0.4, 0.5) is 0 Å². The zero-order valence-corrected chi connectivity index (χ0v) is 23.8. The molecule has 1 aromatic rings. The van der Waals surface area contributed by atoms with Crippen molar-refractivity contribution >= 4 is 17.3 Å². The summed E-state index contributed by atoms with van der Waals surface area (Å²) in [4.78, 5) is 39.7. The number of hydrogen-bond donors (Lipinski definition) is 0. The second-order valence-electron chi connectivity index (χ2n) is 14.8. The minimum absolute atomic E-state index is 0.119. The molecule has 0 spiro atoms. The van der Waals surface area contributed by atoms with E-state index in [1.54, 1.807) is 0 Å². The lowest BCUT2D eigenvalue weighted by Crippen LogP contribution is -2.34. The maximum atomic E-state index is 13.2. The van der Waals surface area contributed by atoms with Gasteiger partial charge in [0.15, 0.2) is 17.3 Å². The van der Waals surface area contributed by atoms with E-state index in [4.69, 9.17) is 14.2 Å². The van der Waals surface area contributed by atoms with E-state index in [0.717, 1.165) is 50.7 Å². The van der Waals surface area contributed by atoms with Crippen molar-refractivity contribution in [3.63, 3.8) is 0 Å². The minimum Gasteiger partial charge on any atom is -0.460 e. The molecule has 0 bridgehead atoms. The molecule has 0 saturated carbocycles. The van der Waals surface area contributed by atoms with Gasteiger partial charge in [0.2, 0.25) is 0 Å². The van der Waals surface area contributed by atoms with Crippen molar-refractivity contribution in [1.82, 2.24) is 0 Å². The van der Waals surface area contributed by atoms with Gasteiger partial charge in [0.1, 0.15) is 34.5 Å². The molecule has 3 aliphatic carbocycles. The number of Topliss-reactive ketones (excluding diaryl/α,β-unsaturated/α-hetero) is 3. The smallest absolute Gasteiger partial charge is 0.163 e. The van der Waals surface area contributed by atoms with Crippen LogP contribution in [0.15, 0.2) is 34.0 Å². The average molecular weight is 529 g/mol. The standard InChI is InChI=1S/C33H36O6/c1-31(2)10-22(34)16-7-19-28(37-25(16)13-31)20-8-17-23(35)11-32(3,4)14-26(17)39-30(20)21-9-18-24(36)12-33(5,6)15-27(18)38-29(19)21/h7-15H2,1-6H3. The molecule has 6 nitrogen and oxygen atoms in total. The van der Waals surface area contributed by atoms with Gasteiger partial charge in [-0.15, -0.1) is 0 Å². The second kappa shape index (κ2) is 7.74. The lowest BCUT2D eigenvalue weighted by atomic mass is 9.72. The third-order valence-corrected chi connectivity index (χ3v) is 9.24. The van der Waals surface area contributed by atoms with Gasteiger partial charge in [-0.2, -0.15) is 0 Å². The topological polar surface area (TPSA) is 78.9 Å². The fraction of sp³-hybridized carbons (Fsp3) is 0.545. The molecule has 0 aromatic heterocycles. The van der Waals surface area contributed by atoms with Crippen LogP contribution in [0.2, 0.25) is 0 Å². The minimum atomic E-state index is -0.178. The van der Waals surface area contributed by atoms with Crippen molar-refractivity contribution in [3.05, 3.63) is 50.7 Å². The summed E-state index contributed by atoms with van der Waals surface area (Å²) in [6, 6.07) is 0. The summed E-state index contributed by atoms with van der Waals surface area (Å²) in [5, 5.41) is 0. The molecule has 3 heterocycles. The third kappa shape index (κ3) is 3.85. The van der Waals surface area contributed by atoms with E-state index in [1.807, 2.05) is 0 Å². The Morgan fingerprint density at radius 3 is 0.949 bits per heavy atom. The molecule has 0 amide bonds. The van der Waals surface area contributed by atoms with Crippen LogP contribution in [0.25, 0.3) is 0 Å². The van der Waals surface area contributed by atoms with Gasteiger partial charge in [-0.1, -0.05) is 41.5 Å². The summed E-state index contributed by atoms with van der Waals surface area (Å²) < 4.78 is 19.9. The highest BCUT2D eigenvalue weighted by molar-refractivity contribution is 6.01. The number of carbonyl (C=O) groups is 3. The van der Waals surface area contributed by atoms with Gasteiger partial charge in [-0.25, -0.2) is 0 Å². The first-order valence-electron chi connectivity index (χ1n) is 14.2. The number of ketones is 3. The molecule has 0 saturated heterocycles. The van der Waals surface area contributed by atoms with Crippen LogP contribution in [0.1, 0.15) is 96.8 Å². The van der Waals surface area contributed by atoms with Gasteiger partial charge >= 0.3 is 0 Å². The zero-order valence-electron chi connectivity index (χ0n) is 23.8. The highest BCUT2D eigenvalue weighted by atomic mass is 16.5. The number of fused-ring (bicyclic) bond motifs is 6. The van der Waals surface area contributed by atoms with Gasteiger partial charge in [0.05, 0.1) is 0 Å². The van der Waals surface area contributed by atoms with Gasteiger partial charge in [-0.05, 0) is 16.2 Å². The highest BCUT2D eigenvalue weighted by Crippen LogP contribution is 2.57. The molecule has 0 fully saturated rings. The summed E-state index contributed by atoms with van der Waals surface area (Å²) in [5.74, 6) is 4.55. The molecule has 7 rings (SSSR count). The third-order valence-electron chi connectivity index (χ3n) is 9.24. The Balaban J connectivity index is 1.41. The maximum absolute atomic E-state index is 13.2. The molecule has 204 valence electrons. The van der Waals surface area contributed by atoms with E-state index >= 15 is 0 Å². The first-order valence-corrected chi connectivity index (χ1v) is 14.2. The molecule has 6 heteroatoms.